The molecule has 1 saturated heterocycles. The fourth-order valence-electron chi connectivity index (χ4n) is 4.18. The van der Waals surface area contributed by atoms with Gasteiger partial charge in [0.25, 0.3) is 11.8 Å². The van der Waals surface area contributed by atoms with Gasteiger partial charge in [-0.15, -0.1) is 0 Å². The van der Waals surface area contributed by atoms with E-state index in [1.54, 1.807) is 39.9 Å². The Morgan fingerprint density at radius 2 is 1.63 bits per heavy atom. The van der Waals surface area contributed by atoms with Crippen molar-refractivity contribution in [1.82, 2.24) is 19.6 Å². The maximum absolute atomic E-state index is 13.7. The number of carbonyl (C=O) groups excluding carboxylic acids is 2. The Hall–Kier alpha value is -4.33. The van der Waals surface area contributed by atoms with Crippen molar-refractivity contribution in [3.63, 3.8) is 0 Å². The van der Waals surface area contributed by atoms with Gasteiger partial charge in [-0.3, -0.25) is 9.59 Å². The molecule has 0 bridgehead atoms. The van der Waals surface area contributed by atoms with Gasteiger partial charge in [0.15, 0.2) is 5.76 Å². The summed E-state index contributed by atoms with van der Waals surface area (Å²) in [7, 11) is 1.61. The minimum atomic E-state index is -0.161. The van der Waals surface area contributed by atoms with Crippen LogP contribution in [0.25, 0.3) is 16.9 Å². The largest absolute Gasteiger partial charge is 0.497 e. The molecule has 0 spiro atoms. The molecule has 8 nitrogen and oxygen atoms in total. The summed E-state index contributed by atoms with van der Waals surface area (Å²) in [5.74, 6) is 0.720. The van der Waals surface area contributed by atoms with Gasteiger partial charge >= 0.3 is 0 Å². The fourth-order valence-corrected chi connectivity index (χ4v) is 4.18. The molecule has 3 heterocycles. The van der Waals surface area contributed by atoms with Crippen LogP contribution in [0.5, 0.6) is 5.75 Å². The molecule has 8 heteroatoms. The number of hydrogen-bond donors (Lipinski definition) is 0. The predicted molar refractivity (Wildman–Crippen MR) is 131 cm³/mol. The molecule has 1 aliphatic heterocycles. The van der Waals surface area contributed by atoms with Gasteiger partial charge in [-0.05, 0) is 43.3 Å². The van der Waals surface area contributed by atoms with E-state index in [0.29, 0.717) is 48.9 Å². The Bertz CT molecular complexity index is 1330. The van der Waals surface area contributed by atoms with Crippen LogP contribution in [0.15, 0.2) is 77.5 Å². The molecule has 178 valence electrons. The quantitative estimate of drug-likeness (QED) is 0.440. The molecule has 0 atom stereocenters. The first-order valence-electron chi connectivity index (χ1n) is 11.5. The average molecular weight is 471 g/mol. The molecule has 0 aliphatic carbocycles. The molecule has 4 aromatic rings. The minimum Gasteiger partial charge on any atom is -0.497 e. The molecule has 0 saturated carbocycles. The van der Waals surface area contributed by atoms with E-state index in [9.17, 15) is 9.59 Å². The van der Waals surface area contributed by atoms with Crippen LogP contribution in [0.2, 0.25) is 0 Å². The molecule has 35 heavy (non-hydrogen) atoms. The Morgan fingerprint density at radius 1 is 0.914 bits per heavy atom. The highest BCUT2D eigenvalue weighted by atomic mass is 16.5. The molecule has 5 rings (SSSR count). The summed E-state index contributed by atoms with van der Waals surface area (Å²) in [6, 6.07) is 18.9. The second-order valence-corrected chi connectivity index (χ2v) is 8.47. The van der Waals surface area contributed by atoms with Gasteiger partial charge in [-0.1, -0.05) is 29.8 Å². The van der Waals surface area contributed by atoms with Crippen LogP contribution in [0.3, 0.4) is 0 Å². The SMILES string of the molecule is COc1cccc(-c2nn(-c3ccc(C)cc3)cc2C(=O)N2CCN(C(=O)c3ccco3)CC2)c1. The lowest BCUT2D eigenvalue weighted by molar-refractivity contribution is 0.0518. The van der Waals surface area contributed by atoms with Gasteiger partial charge in [-0.25, -0.2) is 4.68 Å². The molecule has 1 fully saturated rings. The molecular formula is C27H26N4O4. The first kappa shape index (κ1) is 22.5. The van der Waals surface area contributed by atoms with Crippen molar-refractivity contribution in [3.05, 3.63) is 90.0 Å². The Morgan fingerprint density at radius 3 is 2.29 bits per heavy atom. The fraction of sp³-hybridized carbons (Fsp3) is 0.222. The number of hydrogen-bond acceptors (Lipinski definition) is 5. The number of aromatic nitrogens is 2. The third-order valence-electron chi connectivity index (χ3n) is 6.17. The van der Waals surface area contributed by atoms with E-state index in [-0.39, 0.29) is 11.8 Å². The van der Waals surface area contributed by atoms with Gasteiger partial charge in [0.1, 0.15) is 11.4 Å². The number of piperazine rings is 1. The smallest absolute Gasteiger partial charge is 0.289 e. The molecule has 2 amide bonds. The second kappa shape index (κ2) is 9.50. The van der Waals surface area contributed by atoms with Crippen LogP contribution in [0.4, 0.5) is 0 Å². The molecule has 0 radical (unpaired) electrons. The highest BCUT2D eigenvalue weighted by molar-refractivity contribution is 6.00. The van der Waals surface area contributed by atoms with Crippen molar-refractivity contribution in [2.24, 2.45) is 0 Å². The summed E-state index contributed by atoms with van der Waals surface area (Å²) in [6.07, 6.45) is 3.26. The van der Waals surface area contributed by atoms with Gasteiger partial charge in [0, 0.05) is 37.9 Å². The maximum Gasteiger partial charge on any atom is 0.289 e. The zero-order chi connectivity index (χ0) is 24.4. The van der Waals surface area contributed by atoms with Gasteiger partial charge in [0.05, 0.1) is 24.6 Å². The third-order valence-corrected chi connectivity index (χ3v) is 6.17. The lowest BCUT2D eigenvalue weighted by Gasteiger charge is -2.34. The molecule has 2 aromatic heterocycles. The van der Waals surface area contributed by atoms with E-state index in [1.165, 1.54) is 6.26 Å². The monoisotopic (exact) mass is 470 g/mol. The van der Waals surface area contributed by atoms with Crippen LogP contribution in [-0.2, 0) is 0 Å². The lowest BCUT2D eigenvalue weighted by atomic mass is 10.1. The number of carbonyl (C=O) groups is 2. The summed E-state index contributed by atoms with van der Waals surface area (Å²) in [5.41, 5.74) is 3.90. The van der Waals surface area contributed by atoms with Crippen molar-refractivity contribution < 1.29 is 18.7 Å². The summed E-state index contributed by atoms with van der Waals surface area (Å²) < 4.78 is 12.4. The summed E-state index contributed by atoms with van der Waals surface area (Å²) >= 11 is 0. The number of benzene rings is 2. The molecule has 2 aromatic carbocycles. The topological polar surface area (TPSA) is 80.8 Å². The van der Waals surface area contributed by atoms with Crippen molar-refractivity contribution in [1.29, 1.82) is 0 Å². The van der Waals surface area contributed by atoms with Gasteiger partial charge in [0.2, 0.25) is 0 Å². The maximum atomic E-state index is 13.7. The summed E-state index contributed by atoms with van der Waals surface area (Å²) in [4.78, 5) is 29.7. The number of nitrogens with zero attached hydrogens (tertiary/aromatic N) is 4. The number of ether oxygens (including phenoxy) is 1. The minimum absolute atomic E-state index is 0.119. The summed E-state index contributed by atoms with van der Waals surface area (Å²) in [5, 5.41) is 4.79. The standard InChI is InChI=1S/C27H26N4O4/c1-19-8-10-21(11-9-19)31-18-23(25(28-31)20-5-3-6-22(17-20)34-2)26(32)29-12-14-30(15-13-29)27(33)24-7-4-16-35-24/h3-11,16-18H,12-15H2,1-2H3. The lowest BCUT2D eigenvalue weighted by Crippen LogP contribution is -2.50. The van der Waals surface area contributed by atoms with Crippen LogP contribution < -0.4 is 4.74 Å². The zero-order valence-corrected chi connectivity index (χ0v) is 19.7. The van der Waals surface area contributed by atoms with E-state index >= 15 is 0 Å². The number of aryl methyl sites for hydroxylation is 1. The first-order chi connectivity index (χ1) is 17.0. The van der Waals surface area contributed by atoms with Crippen molar-refractivity contribution in [3.8, 4) is 22.7 Å². The highest BCUT2D eigenvalue weighted by Gasteiger charge is 2.29. The zero-order valence-electron chi connectivity index (χ0n) is 19.7. The van der Waals surface area contributed by atoms with Gasteiger partial charge < -0.3 is 19.0 Å². The number of amides is 2. The van der Waals surface area contributed by atoms with Crippen LogP contribution >= 0.6 is 0 Å². The summed E-state index contributed by atoms with van der Waals surface area (Å²) in [6.45, 7) is 3.76. The molecule has 1 aliphatic rings. The van der Waals surface area contributed by atoms with Crippen molar-refractivity contribution in [2.45, 2.75) is 6.92 Å². The highest BCUT2D eigenvalue weighted by Crippen LogP contribution is 2.28. The Kier molecular flexibility index (Phi) is 6.10. The van der Waals surface area contributed by atoms with E-state index in [0.717, 1.165) is 16.8 Å². The third kappa shape index (κ3) is 4.55. The van der Waals surface area contributed by atoms with Gasteiger partial charge in [-0.2, -0.15) is 5.10 Å². The molecule has 0 N–H and O–H groups in total. The first-order valence-corrected chi connectivity index (χ1v) is 11.5. The van der Waals surface area contributed by atoms with Crippen LogP contribution in [0.1, 0.15) is 26.5 Å². The average Bonchev–Trinajstić information content (AvgIpc) is 3.59. The molecule has 0 unspecified atom stereocenters. The number of furan rings is 1. The Balaban J connectivity index is 1.43. The van der Waals surface area contributed by atoms with Crippen LogP contribution in [0, 0.1) is 6.92 Å². The number of rotatable bonds is 5. The van der Waals surface area contributed by atoms with E-state index < -0.39 is 0 Å². The van der Waals surface area contributed by atoms with E-state index in [2.05, 4.69) is 0 Å². The normalized spacial score (nSPS) is 13.7. The van der Waals surface area contributed by atoms with E-state index in [1.807, 2.05) is 55.5 Å². The Labute approximate surface area is 203 Å². The van der Waals surface area contributed by atoms with E-state index in [4.69, 9.17) is 14.3 Å². The molecular weight excluding hydrogens is 444 g/mol. The predicted octanol–water partition coefficient (Wildman–Crippen LogP) is 4.05. The second-order valence-electron chi connectivity index (χ2n) is 8.47. The number of methoxy groups -OCH3 is 1. The van der Waals surface area contributed by atoms with Crippen molar-refractivity contribution >= 4 is 11.8 Å². The van der Waals surface area contributed by atoms with Crippen molar-refractivity contribution in [2.75, 3.05) is 33.3 Å². The van der Waals surface area contributed by atoms with Crippen LogP contribution in [-0.4, -0.2) is 64.7 Å².